The van der Waals surface area contributed by atoms with E-state index < -0.39 is 20.6 Å². The van der Waals surface area contributed by atoms with Crippen LogP contribution in [-0.4, -0.2) is 14.4 Å². The summed E-state index contributed by atoms with van der Waals surface area (Å²) in [6, 6.07) is 38.4. The van der Waals surface area contributed by atoms with Crippen molar-refractivity contribution in [3.05, 3.63) is 138 Å². The molecular formula is C39H27IrN3O-2. The molecule has 0 unspecified atom stereocenters. The Bertz CT molecular complexity index is 2820. The molecule has 4 nitrogen and oxygen atoms in total. The molecule has 4 heterocycles. The molecule has 9 rings (SSSR count). The van der Waals surface area contributed by atoms with E-state index in [1.54, 1.807) is 0 Å². The fraction of sp³-hybridized carbons (Fsp3) is 0.0769. The molecule has 5 aromatic carbocycles. The van der Waals surface area contributed by atoms with E-state index in [0.29, 0.717) is 5.56 Å². The minimum absolute atomic E-state index is 0. The molecular weight excluding hydrogens is 719 g/mol. The molecule has 44 heavy (non-hydrogen) atoms. The Labute approximate surface area is 281 Å². The second-order valence-corrected chi connectivity index (χ2v) is 10.3. The Morgan fingerprint density at radius 2 is 1.68 bits per heavy atom. The maximum atomic E-state index is 7.54. The first kappa shape index (κ1) is 19.4. The standard InChI is InChI=1S/C25H13N2O.C14H14N.Ir/c1-2-8-16-15(7-1)13-14-21-22(16)23-24(28-21)17-9-3-4-10-18(17)25-26-19-11-5-6-12-20(19)27(23)25;1-10-4-6-13(7-5-10)14-8-11(2)12(3)9-15-14;/h1-9,11-14H;4-6,8-9H,1-3H3;/q2*-1;/i;1D3,2D3,3D3;. The molecule has 0 bridgehead atoms. The summed E-state index contributed by atoms with van der Waals surface area (Å²) in [5.74, 6) is 0. The van der Waals surface area contributed by atoms with Crippen molar-refractivity contribution >= 4 is 60.3 Å². The first-order valence-corrected chi connectivity index (χ1v) is 13.7. The number of aryl methyl sites for hydroxylation is 3. The second kappa shape index (κ2) is 11.0. The van der Waals surface area contributed by atoms with Crippen molar-refractivity contribution in [2.45, 2.75) is 20.6 Å². The van der Waals surface area contributed by atoms with Crippen molar-refractivity contribution in [1.82, 2.24) is 14.4 Å². The van der Waals surface area contributed by atoms with Gasteiger partial charge < -0.3 is 13.8 Å². The fourth-order valence-electron chi connectivity index (χ4n) is 5.67. The number of para-hydroxylation sites is 2. The number of rotatable bonds is 1. The van der Waals surface area contributed by atoms with Crippen LogP contribution in [0.25, 0.3) is 71.6 Å². The van der Waals surface area contributed by atoms with E-state index in [1.165, 1.54) is 35.0 Å². The van der Waals surface area contributed by atoms with Crippen molar-refractivity contribution in [1.29, 1.82) is 0 Å². The number of hydrogen-bond donors (Lipinski definition) is 0. The van der Waals surface area contributed by atoms with Crippen LogP contribution >= 0.6 is 0 Å². The number of nitrogens with zero attached hydrogens (tertiary/aromatic N) is 3. The molecule has 1 radical (unpaired) electrons. The van der Waals surface area contributed by atoms with Gasteiger partial charge in [0.05, 0.1) is 27.6 Å². The van der Waals surface area contributed by atoms with Crippen LogP contribution in [0.5, 0.6) is 0 Å². The molecule has 0 N–H and O–H groups in total. The summed E-state index contributed by atoms with van der Waals surface area (Å²) in [4.78, 5) is 8.95. The molecule has 4 aromatic heterocycles. The van der Waals surface area contributed by atoms with Crippen molar-refractivity contribution in [2.24, 2.45) is 0 Å². The van der Waals surface area contributed by atoms with Gasteiger partial charge in [-0.15, -0.1) is 59.7 Å². The van der Waals surface area contributed by atoms with E-state index in [-0.39, 0.29) is 42.5 Å². The number of hydrogen-bond acceptors (Lipinski definition) is 3. The van der Waals surface area contributed by atoms with Gasteiger partial charge in [-0.05, 0) is 53.9 Å². The van der Waals surface area contributed by atoms with Crippen LogP contribution in [-0.2, 0) is 20.1 Å². The van der Waals surface area contributed by atoms with Crippen LogP contribution in [0, 0.1) is 32.7 Å². The molecule has 0 aliphatic rings. The number of furan rings is 1. The van der Waals surface area contributed by atoms with Gasteiger partial charge in [0, 0.05) is 38.6 Å². The third-order valence-corrected chi connectivity index (χ3v) is 7.66. The van der Waals surface area contributed by atoms with Crippen LogP contribution in [0.4, 0.5) is 0 Å². The first-order valence-electron chi connectivity index (χ1n) is 18.2. The molecule has 9 aromatic rings. The summed E-state index contributed by atoms with van der Waals surface area (Å²) in [6.07, 6.45) is 1.02. The van der Waals surface area contributed by atoms with Gasteiger partial charge in [-0.1, -0.05) is 71.7 Å². The van der Waals surface area contributed by atoms with Crippen molar-refractivity contribution in [3.63, 3.8) is 0 Å². The zero-order valence-electron chi connectivity index (χ0n) is 32.0. The van der Waals surface area contributed by atoms with Crippen LogP contribution in [0.2, 0.25) is 0 Å². The SMILES string of the molecule is [2H]C([2H])([2H])c1c[c-]c(-c2cc(C([2H])([2H])[2H])c(C([2H])([2H])[2H])cn2)cc1.[Ir].[c-]1cccc2c1c1nc3ccccc3n1c1c2oc2ccc3ccccc3c21. The summed E-state index contributed by atoms with van der Waals surface area (Å²) in [5.41, 5.74) is 5.88. The smallest absolute Gasteiger partial charge is 0.136 e. The Morgan fingerprint density at radius 3 is 2.55 bits per heavy atom. The zero-order valence-corrected chi connectivity index (χ0v) is 25.4. The number of aromatic nitrogens is 3. The minimum atomic E-state index is -2.61. The average Bonchev–Trinajstić information content (AvgIpc) is 3.70. The van der Waals surface area contributed by atoms with E-state index in [0.717, 1.165) is 55.7 Å². The van der Waals surface area contributed by atoms with E-state index >= 15 is 0 Å². The monoisotopic (exact) mass is 755 g/mol. The molecule has 215 valence electrons. The maximum Gasteiger partial charge on any atom is 0.136 e. The summed E-state index contributed by atoms with van der Waals surface area (Å²) in [5, 5.41) is 5.55. The summed E-state index contributed by atoms with van der Waals surface area (Å²) >= 11 is 0. The van der Waals surface area contributed by atoms with Gasteiger partial charge in [0.2, 0.25) is 0 Å². The van der Waals surface area contributed by atoms with Crippen LogP contribution in [0.3, 0.4) is 0 Å². The van der Waals surface area contributed by atoms with Gasteiger partial charge in [-0.2, -0.15) is 0 Å². The van der Waals surface area contributed by atoms with Crippen LogP contribution in [0.15, 0.2) is 114 Å². The zero-order chi connectivity index (χ0) is 36.6. The van der Waals surface area contributed by atoms with Gasteiger partial charge in [0.1, 0.15) is 11.2 Å². The molecule has 0 amide bonds. The van der Waals surface area contributed by atoms with Crippen molar-refractivity contribution in [2.75, 3.05) is 0 Å². The Hall–Kier alpha value is -4.83. The quantitative estimate of drug-likeness (QED) is 0.157. The normalized spacial score (nSPS) is 15.2. The van der Waals surface area contributed by atoms with Crippen LogP contribution in [0.1, 0.15) is 29.0 Å². The van der Waals surface area contributed by atoms with E-state index in [9.17, 15) is 0 Å². The molecule has 0 saturated carbocycles. The molecule has 0 aliphatic heterocycles. The Morgan fingerprint density at radius 1 is 0.818 bits per heavy atom. The molecule has 0 spiro atoms. The Kier molecular flexibility index (Phi) is 4.87. The van der Waals surface area contributed by atoms with Crippen LogP contribution < -0.4 is 0 Å². The second-order valence-electron chi connectivity index (χ2n) is 10.3. The molecule has 0 aliphatic carbocycles. The van der Waals surface area contributed by atoms with Crippen molar-refractivity contribution < 1.29 is 36.9 Å². The van der Waals surface area contributed by atoms with E-state index in [2.05, 4.69) is 82.2 Å². The average molecular weight is 755 g/mol. The van der Waals surface area contributed by atoms with Gasteiger partial charge in [-0.3, -0.25) is 4.98 Å². The summed E-state index contributed by atoms with van der Waals surface area (Å²) in [6.45, 7) is -7.47. The molecule has 0 atom stereocenters. The van der Waals surface area contributed by atoms with Gasteiger partial charge in [0.15, 0.2) is 0 Å². The minimum Gasteiger partial charge on any atom is -0.464 e. The molecule has 0 fully saturated rings. The Balaban J connectivity index is 0.000000164. The van der Waals surface area contributed by atoms with Crippen molar-refractivity contribution in [3.8, 4) is 11.3 Å². The maximum absolute atomic E-state index is 7.54. The van der Waals surface area contributed by atoms with E-state index in [4.69, 9.17) is 21.7 Å². The predicted molar refractivity (Wildman–Crippen MR) is 177 cm³/mol. The topological polar surface area (TPSA) is 43.3 Å². The molecule has 5 heteroatoms. The first-order chi connectivity index (χ1) is 24.7. The summed E-state index contributed by atoms with van der Waals surface area (Å²) in [7, 11) is 0. The van der Waals surface area contributed by atoms with Gasteiger partial charge >= 0.3 is 0 Å². The largest absolute Gasteiger partial charge is 0.464 e. The number of imidazole rings is 1. The third kappa shape index (κ3) is 4.48. The van der Waals surface area contributed by atoms with E-state index in [1.807, 2.05) is 18.2 Å². The number of fused-ring (bicyclic) bond motifs is 12. The predicted octanol–water partition coefficient (Wildman–Crippen LogP) is 9.97. The fourth-order valence-corrected chi connectivity index (χ4v) is 5.67. The van der Waals surface area contributed by atoms with Gasteiger partial charge in [-0.25, -0.2) is 0 Å². The van der Waals surface area contributed by atoms with Gasteiger partial charge in [0.25, 0.3) is 0 Å². The number of benzene rings is 5. The number of pyridine rings is 2. The summed E-state index contributed by atoms with van der Waals surface area (Å²) < 4.78 is 75.6. The molecule has 0 saturated heterocycles. The third-order valence-electron chi connectivity index (χ3n) is 7.66.